The van der Waals surface area contributed by atoms with Gasteiger partial charge in [0.15, 0.2) is 0 Å². The highest BCUT2D eigenvalue weighted by Gasteiger charge is 2.31. The van der Waals surface area contributed by atoms with Crippen molar-refractivity contribution >= 4 is 11.6 Å². The zero-order chi connectivity index (χ0) is 19.4. The molecule has 1 aromatic heterocycles. The van der Waals surface area contributed by atoms with Crippen molar-refractivity contribution in [3.05, 3.63) is 54.1 Å². The maximum absolute atomic E-state index is 12.3. The Kier molecular flexibility index (Phi) is 5.06. The van der Waals surface area contributed by atoms with E-state index in [-0.39, 0.29) is 12.2 Å². The number of carbonyl (C=O) groups excluding carboxylic acids is 1. The van der Waals surface area contributed by atoms with Crippen molar-refractivity contribution < 1.29 is 22.7 Å². The van der Waals surface area contributed by atoms with Gasteiger partial charge in [-0.05, 0) is 24.3 Å². The molecule has 0 unspecified atom stereocenters. The summed E-state index contributed by atoms with van der Waals surface area (Å²) in [6, 6.07) is 12.4. The number of tetrazole rings is 1. The SMILES string of the molecule is Cc1ccc(-c2nnn(CC(=O)Nc3cccc(OC(F)(F)F)c3)n2)cc1. The number of aromatic nitrogens is 4. The van der Waals surface area contributed by atoms with E-state index in [4.69, 9.17) is 0 Å². The first-order valence-electron chi connectivity index (χ1n) is 7.79. The monoisotopic (exact) mass is 377 g/mol. The van der Waals surface area contributed by atoms with E-state index in [9.17, 15) is 18.0 Å². The summed E-state index contributed by atoms with van der Waals surface area (Å²) in [7, 11) is 0. The predicted octanol–water partition coefficient (Wildman–Crippen LogP) is 3.19. The first-order valence-corrected chi connectivity index (χ1v) is 7.79. The molecular weight excluding hydrogens is 363 g/mol. The van der Waals surface area contributed by atoms with Gasteiger partial charge < -0.3 is 10.1 Å². The Bertz CT molecular complexity index is 938. The summed E-state index contributed by atoms with van der Waals surface area (Å²) in [4.78, 5) is 13.2. The smallest absolute Gasteiger partial charge is 0.406 e. The minimum Gasteiger partial charge on any atom is -0.406 e. The second kappa shape index (κ2) is 7.44. The van der Waals surface area contributed by atoms with Crippen LogP contribution in [0.1, 0.15) is 5.56 Å². The summed E-state index contributed by atoms with van der Waals surface area (Å²) in [6.45, 7) is 1.70. The molecule has 10 heteroatoms. The lowest BCUT2D eigenvalue weighted by Gasteiger charge is -2.10. The molecular formula is C17H14F3N5O2. The van der Waals surface area contributed by atoms with Crippen molar-refractivity contribution in [3.8, 4) is 17.1 Å². The quantitative estimate of drug-likeness (QED) is 0.739. The second-order valence-corrected chi connectivity index (χ2v) is 5.63. The Morgan fingerprint density at radius 1 is 1.19 bits per heavy atom. The molecule has 7 nitrogen and oxygen atoms in total. The summed E-state index contributed by atoms with van der Waals surface area (Å²) >= 11 is 0. The lowest BCUT2D eigenvalue weighted by Crippen LogP contribution is -2.21. The predicted molar refractivity (Wildman–Crippen MR) is 89.7 cm³/mol. The van der Waals surface area contributed by atoms with Gasteiger partial charge >= 0.3 is 6.36 Å². The highest BCUT2D eigenvalue weighted by atomic mass is 19.4. The largest absolute Gasteiger partial charge is 0.573 e. The van der Waals surface area contributed by atoms with E-state index < -0.39 is 18.0 Å². The number of nitrogens with zero attached hydrogens (tertiary/aromatic N) is 4. The van der Waals surface area contributed by atoms with E-state index in [1.165, 1.54) is 12.1 Å². The molecule has 0 aliphatic carbocycles. The molecule has 0 saturated carbocycles. The molecule has 27 heavy (non-hydrogen) atoms. The number of ether oxygens (including phenoxy) is 1. The summed E-state index contributed by atoms with van der Waals surface area (Å²) in [5.74, 6) is -0.587. The van der Waals surface area contributed by atoms with Crippen LogP contribution in [-0.2, 0) is 11.3 Å². The zero-order valence-electron chi connectivity index (χ0n) is 14.1. The van der Waals surface area contributed by atoms with Crippen molar-refractivity contribution in [2.45, 2.75) is 19.8 Å². The van der Waals surface area contributed by atoms with Crippen LogP contribution in [-0.4, -0.2) is 32.5 Å². The summed E-state index contributed by atoms with van der Waals surface area (Å²) in [5.41, 5.74) is 1.99. The lowest BCUT2D eigenvalue weighted by molar-refractivity contribution is -0.274. The molecule has 3 rings (SSSR count). The van der Waals surface area contributed by atoms with E-state index in [1.54, 1.807) is 0 Å². The maximum atomic E-state index is 12.3. The van der Waals surface area contributed by atoms with E-state index >= 15 is 0 Å². The number of anilines is 1. The molecule has 1 N–H and O–H groups in total. The molecule has 0 spiro atoms. The van der Waals surface area contributed by atoms with Crippen molar-refractivity contribution in [2.75, 3.05) is 5.32 Å². The molecule has 1 heterocycles. The molecule has 0 radical (unpaired) electrons. The van der Waals surface area contributed by atoms with Gasteiger partial charge in [-0.15, -0.1) is 23.4 Å². The van der Waals surface area contributed by atoms with Gasteiger partial charge in [0, 0.05) is 17.3 Å². The van der Waals surface area contributed by atoms with Gasteiger partial charge in [0.2, 0.25) is 11.7 Å². The van der Waals surface area contributed by atoms with E-state index in [0.717, 1.165) is 28.1 Å². The molecule has 2 aromatic carbocycles. The average molecular weight is 377 g/mol. The van der Waals surface area contributed by atoms with Gasteiger partial charge in [0.05, 0.1) is 0 Å². The number of alkyl halides is 3. The average Bonchev–Trinajstić information content (AvgIpc) is 3.02. The Balaban J connectivity index is 1.63. The van der Waals surface area contributed by atoms with Crippen LogP contribution < -0.4 is 10.1 Å². The van der Waals surface area contributed by atoms with Gasteiger partial charge in [-0.3, -0.25) is 4.79 Å². The standard InChI is InChI=1S/C17H14F3N5O2/c1-11-5-7-12(8-6-11)16-22-24-25(23-16)10-15(26)21-13-3-2-4-14(9-13)27-17(18,19)20/h2-9H,10H2,1H3,(H,21,26). The topological polar surface area (TPSA) is 81.9 Å². The van der Waals surface area contributed by atoms with E-state index in [0.29, 0.717) is 5.82 Å². The van der Waals surface area contributed by atoms with Crippen molar-refractivity contribution in [3.63, 3.8) is 0 Å². The molecule has 0 fully saturated rings. The van der Waals surface area contributed by atoms with Crippen LogP contribution in [0.25, 0.3) is 11.4 Å². The third-order valence-corrected chi connectivity index (χ3v) is 3.40. The third kappa shape index (κ3) is 5.27. The van der Waals surface area contributed by atoms with Crippen molar-refractivity contribution in [1.29, 1.82) is 0 Å². The second-order valence-electron chi connectivity index (χ2n) is 5.63. The maximum Gasteiger partial charge on any atom is 0.573 e. The van der Waals surface area contributed by atoms with Crippen LogP contribution in [0.15, 0.2) is 48.5 Å². The number of amides is 1. The number of carbonyl (C=O) groups is 1. The van der Waals surface area contributed by atoms with Crippen LogP contribution in [0.2, 0.25) is 0 Å². The first-order chi connectivity index (χ1) is 12.8. The minimum atomic E-state index is -4.81. The van der Waals surface area contributed by atoms with Crippen LogP contribution in [0, 0.1) is 6.92 Å². The number of nitrogens with one attached hydrogen (secondary N) is 1. The normalized spacial score (nSPS) is 11.3. The summed E-state index contributed by atoms with van der Waals surface area (Å²) < 4.78 is 40.6. The Hall–Kier alpha value is -3.43. The van der Waals surface area contributed by atoms with E-state index in [1.807, 2.05) is 31.2 Å². The van der Waals surface area contributed by atoms with Gasteiger partial charge in [0.25, 0.3) is 0 Å². The van der Waals surface area contributed by atoms with Gasteiger partial charge in [-0.25, -0.2) is 0 Å². The van der Waals surface area contributed by atoms with Crippen LogP contribution in [0.4, 0.5) is 18.9 Å². The van der Waals surface area contributed by atoms with Gasteiger partial charge in [-0.1, -0.05) is 35.9 Å². The fourth-order valence-electron chi connectivity index (χ4n) is 2.23. The highest BCUT2D eigenvalue weighted by Crippen LogP contribution is 2.25. The Labute approximate surface area is 151 Å². The number of rotatable bonds is 5. The van der Waals surface area contributed by atoms with Crippen molar-refractivity contribution in [1.82, 2.24) is 20.2 Å². The van der Waals surface area contributed by atoms with Crippen LogP contribution >= 0.6 is 0 Å². The van der Waals surface area contributed by atoms with Crippen LogP contribution in [0.5, 0.6) is 5.75 Å². The molecule has 140 valence electrons. The number of hydrogen-bond donors (Lipinski definition) is 1. The fourth-order valence-corrected chi connectivity index (χ4v) is 2.23. The number of benzene rings is 2. The Morgan fingerprint density at radius 2 is 1.93 bits per heavy atom. The van der Waals surface area contributed by atoms with Gasteiger partial charge in [-0.2, -0.15) is 4.80 Å². The molecule has 1 amide bonds. The third-order valence-electron chi connectivity index (χ3n) is 3.40. The number of aryl methyl sites for hydroxylation is 1. The van der Waals surface area contributed by atoms with E-state index in [2.05, 4.69) is 25.5 Å². The zero-order valence-corrected chi connectivity index (χ0v) is 14.1. The molecule has 0 aliphatic heterocycles. The molecule has 0 aliphatic rings. The summed E-state index contributed by atoms with van der Waals surface area (Å²) in [5, 5.41) is 14.3. The number of halogens is 3. The fraction of sp³-hybridized carbons (Fsp3) is 0.176. The molecule has 0 atom stereocenters. The number of hydrogen-bond acceptors (Lipinski definition) is 5. The van der Waals surface area contributed by atoms with Gasteiger partial charge in [0.1, 0.15) is 12.3 Å². The molecule has 0 bridgehead atoms. The first kappa shape index (κ1) is 18.4. The highest BCUT2D eigenvalue weighted by molar-refractivity contribution is 5.90. The van der Waals surface area contributed by atoms with Crippen molar-refractivity contribution in [2.24, 2.45) is 0 Å². The molecule has 0 saturated heterocycles. The summed E-state index contributed by atoms with van der Waals surface area (Å²) in [6.07, 6.45) is -4.81. The lowest BCUT2D eigenvalue weighted by atomic mass is 10.1. The Morgan fingerprint density at radius 3 is 2.63 bits per heavy atom. The molecule has 3 aromatic rings. The minimum absolute atomic E-state index is 0.153. The van der Waals surface area contributed by atoms with Crippen LogP contribution in [0.3, 0.4) is 0 Å².